The number of hydrogen-bond donors (Lipinski definition) is 1. The van der Waals surface area contributed by atoms with Crippen LogP contribution in [-0.2, 0) is 22.6 Å². The highest BCUT2D eigenvalue weighted by Crippen LogP contribution is 2.39. The number of piperidine rings is 1. The largest absolute Gasteiger partial charge is 0.493 e. The van der Waals surface area contributed by atoms with E-state index < -0.39 is 0 Å². The highest BCUT2D eigenvalue weighted by molar-refractivity contribution is 5.95. The molecule has 2 aliphatic heterocycles. The Hall–Kier alpha value is -3.60. The van der Waals surface area contributed by atoms with Crippen molar-refractivity contribution in [1.29, 1.82) is 0 Å². The number of carbonyl (C=O) groups excluding carboxylic acids is 2. The van der Waals surface area contributed by atoms with E-state index in [9.17, 15) is 9.59 Å². The van der Waals surface area contributed by atoms with Crippen LogP contribution in [0.1, 0.15) is 35.6 Å². The Kier molecular flexibility index (Phi) is 5.63. The van der Waals surface area contributed by atoms with E-state index in [1.54, 1.807) is 0 Å². The summed E-state index contributed by atoms with van der Waals surface area (Å²) in [5, 5.41) is 3.11. The molecule has 0 radical (unpaired) electrons. The lowest BCUT2D eigenvalue weighted by Gasteiger charge is -2.41. The van der Waals surface area contributed by atoms with Gasteiger partial charge in [-0.25, -0.2) is 0 Å². The number of fused-ring (bicyclic) bond motifs is 1. The first-order valence-corrected chi connectivity index (χ1v) is 11.1. The van der Waals surface area contributed by atoms with Crippen LogP contribution in [0.4, 0.5) is 5.69 Å². The molecule has 2 atom stereocenters. The fourth-order valence-electron chi connectivity index (χ4n) is 4.76. The van der Waals surface area contributed by atoms with E-state index in [-0.39, 0.29) is 23.8 Å². The first kappa shape index (κ1) is 20.3. The molecule has 3 aromatic carbocycles. The van der Waals surface area contributed by atoms with Gasteiger partial charge >= 0.3 is 0 Å². The zero-order valence-electron chi connectivity index (χ0n) is 17.9. The van der Waals surface area contributed by atoms with Crippen molar-refractivity contribution in [3.05, 3.63) is 95.6 Å². The molecule has 0 saturated carbocycles. The summed E-state index contributed by atoms with van der Waals surface area (Å²) in [4.78, 5) is 28.4. The van der Waals surface area contributed by atoms with E-state index in [0.29, 0.717) is 26.0 Å². The average molecular weight is 427 g/mol. The topological polar surface area (TPSA) is 58.6 Å². The molecule has 1 saturated heterocycles. The van der Waals surface area contributed by atoms with Crippen LogP contribution in [0.25, 0.3) is 0 Å². The molecule has 5 nitrogen and oxygen atoms in total. The number of nitrogens with zero attached hydrogens (tertiary/aromatic N) is 1. The van der Waals surface area contributed by atoms with Gasteiger partial charge in [-0.2, -0.15) is 0 Å². The summed E-state index contributed by atoms with van der Waals surface area (Å²) in [7, 11) is 0. The molecule has 2 unspecified atom stereocenters. The molecule has 2 amide bonds. The van der Waals surface area contributed by atoms with Gasteiger partial charge in [0, 0.05) is 25.1 Å². The van der Waals surface area contributed by atoms with Crippen molar-refractivity contribution >= 4 is 17.5 Å². The van der Waals surface area contributed by atoms with Crippen LogP contribution < -0.4 is 10.1 Å². The minimum absolute atomic E-state index is 0.0525. The lowest BCUT2D eigenvalue weighted by atomic mass is 9.83. The van der Waals surface area contributed by atoms with Gasteiger partial charge < -0.3 is 15.0 Å². The molecule has 2 aliphatic rings. The molecule has 1 N–H and O–H groups in total. The maximum absolute atomic E-state index is 13.5. The monoisotopic (exact) mass is 426 g/mol. The SMILES string of the molecule is O=C(Nc1ccc2c(c1)CCO2)C1CCC(=O)N(Cc2ccccc2)C1c1ccccc1. The number of rotatable bonds is 5. The molecule has 0 aliphatic carbocycles. The Morgan fingerprint density at radius 1 is 0.969 bits per heavy atom. The number of nitrogens with one attached hydrogen (secondary N) is 1. The Balaban J connectivity index is 1.44. The normalized spacial score (nSPS) is 19.9. The highest BCUT2D eigenvalue weighted by atomic mass is 16.5. The molecule has 2 heterocycles. The Morgan fingerprint density at radius 3 is 2.50 bits per heavy atom. The summed E-state index contributed by atoms with van der Waals surface area (Å²) < 4.78 is 5.58. The highest BCUT2D eigenvalue weighted by Gasteiger charge is 2.40. The van der Waals surface area contributed by atoms with E-state index in [0.717, 1.165) is 34.5 Å². The number of likely N-dealkylation sites (tertiary alicyclic amines) is 1. The summed E-state index contributed by atoms with van der Waals surface area (Å²) in [6, 6.07) is 25.3. The number of ether oxygens (including phenoxy) is 1. The standard InChI is InChI=1S/C27H26N2O3/c30-25-14-12-23(27(31)28-22-11-13-24-21(17-22)15-16-32-24)26(20-9-5-2-6-10-20)29(25)18-19-7-3-1-4-8-19/h1-11,13,17,23,26H,12,14-16,18H2,(H,28,31). The van der Waals surface area contributed by atoms with Crippen molar-refractivity contribution in [2.75, 3.05) is 11.9 Å². The zero-order valence-corrected chi connectivity index (χ0v) is 17.9. The number of amides is 2. The Bertz CT molecular complexity index is 1110. The van der Waals surface area contributed by atoms with Crippen molar-refractivity contribution in [3.8, 4) is 5.75 Å². The van der Waals surface area contributed by atoms with Crippen molar-refractivity contribution in [2.45, 2.75) is 31.8 Å². The van der Waals surface area contributed by atoms with Crippen molar-refractivity contribution < 1.29 is 14.3 Å². The molecule has 162 valence electrons. The average Bonchev–Trinajstić information content (AvgIpc) is 3.29. The van der Waals surface area contributed by atoms with E-state index in [4.69, 9.17) is 4.74 Å². The van der Waals surface area contributed by atoms with Gasteiger partial charge in [-0.3, -0.25) is 9.59 Å². The number of hydrogen-bond acceptors (Lipinski definition) is 3. The molecule has 5 heteroatoms. The summed E-state index contributed by atoms with van der Waals surface area (Å²) in [5.41, 5.74) is 3.94. The molecule has 3 aromatic rings. The van der Waals surface area contributed by atoms with E-state index >= 15 is 0 Å². The van der Waals surface area contributed by atoms with Crippen molar-refractivity contribution in [2.24, 2.45) is 5.92 Å². The summed E-state index contributed by atoms with van der Waals surface area (Å²) in [6.07, 6.45) is 1.75. The maximum Gasteiger partial charge on any atom is 0.229 e. The predicted octanol–water partition coefficient (Wildman–Crippen LogP) is 4.74. The van der Waals surface area contributed by atoms with Gasteiger partial charge in [-0.1, -0.05) is 60.7 Å². The summed E-state index contributed by atoms with van der Waals surface area (Å²) in [5.74, 6) is 0.593. The van der Waals surface area contributed by atoms with Gasteiger partial charge in [-0.05, 0) is 41.3 Å². The van der Waals surface area contributed by atoms with Crippen LogP contribution in [0.3, 0.4) is 0 Å². The smallest absolute Gasteiger partial charge is 0.229 e. The second-order valence-corrected chi connectivity index (χ2v) is 8.42. The van der Waals surface area contributed by atoms with E-state index in [2.05, 4.69) is 5.32 Å². The van der Waals surface area contributed by atoms with Gasteiger partial charge in [-0.15, -0.1) is 0 Å². The quantitative estimate of drug-likeness (QED) is 0.641. The van der Waals surface area contributed by atoms with Crippen LogP contribution in [0.2, 0.25) is 0 Å². The molecule has 0 bridgehead atoms. The first-order valence-electron chi connectivity index (χ1n) is 11.1. The van der Waals surface area contributed by atoms with Crippen molar-refractivity contribution in [1.82, 2.24) is 4.90 Å². The lowest BCUT2D eigenvalue weighted by molar-refractivity contribution is -0.142. The molecule has 0 aromatic heterocycles. The third-order valence-electron chi connectivity index (χ3n) is 6.34. The van der Waals surface area contributed by atoms with Gasteiger partial charge in [0.1, 0.15) is 5.75 Å². The van der Waals surface area contributed by atoms with Crippen LogP contribution in [0.15, 0.2) is 78.9 Å². The van der Waals surface area contributed by atoms with Crippen molar-refractivity contribution in [3.63, 3.8) is 0 Å². The van der Waals surface area contributed by atoms with Gasteiger partial charge in [0.15, 0.2) is 0 Å². The third-order valence-corrected chi connectivity index (χ3v) is 6.34. The lowest BCUT2D eigenvalue weighted by Crippen LogP contribution is -2.46. The van der Waals surface area contributed by atoms with Gasteiger partial charge in [0.25, 0.3) is 0 Å². The minimum atomic E-state index is -0.330. The Morgan fingerprint density at radius 2 is 1.72 bits per heavy atom. The molecule has 1 fully saturated rings. The summed E-state index contributed by atoms with van der Waals surface area (Å²) >= 11 is 0. The number of anilines is 1. The minimum Gasteiger partial charge on any atom is -0.493 e. The number of benzene rings is 3. The molecule has 32 heavy (non-hydrogen) atoms. The number of carbonyl (C=O) groups is 2. The fourth-order valence-corrected chi connectivity index (χ4v) is 4.76. The fraction of sp³-hybridized carbons (Fsp3) is 0.259. The van der Waals surface area contributed by atoms with Crippen LogP contribution >= 0.6 is 0 Å². The first-order chi connectivity index (χ1) is 15.7. The predicted molar refractivity (Wildman–Crippen MR) is 123 cm³/mol. The Labute approximate surface area is 188 Å². The second-order valence-electron chi connectivity index (χ2n) is 8.42. The third kappa shape index (κ3) is 4.11. The molecule has 0 spiro atoms. The van der Waals surface area contributed by atoms with E-state index in [1.165, 1.54) is 0 Å². The molecule has 5 rings (SSSR count). The molecular formula is C27H26N2O3. The maximum atomic E-state index is 13.5. The van der Waals surface area contributed by atoms with Gasteiger partial charge in [0.2, 0.25) is 11.8 Å². The van der Waals surface area contributed by atoms with Gasteiger partial charge in [0.05, 0.1) is 18.6 Å². The second kappa shape index (κ2) is 8.87. The zero-order chi connectivity index (χ0) is 21.9. The van der Waals surface area contributed by atoms with Crippen LogP contribution in [0.5, 0.6) is 5.75 Å². The molecular weight excluding hydrogens is 400 g/mol. The van der Waals surface area contributed by atoms with E-state index in [1.807, 2.05) is 83.8 Å². The van der Waals surface area contributed by atoms with Crippen LogP contribution in [-0.4, -0.2) is 23.3 Å². The van der Waals surface area contributed by atoms with Crippen LogP contribution in [0, 0.1) is 5.92 Å². The summed E-state index contributed by atoms with van der Waals surface area (Å²) in [6.45, 7) is 1.17.